The molecule has 0 unspecified atom stereocenters. The molecule has 1 saturated carbocycles. The number of hydrogen-bond acceptors (Lipinski definition) is 3. The van der Waals surface area contributed by atoms with Crippen LogP contribution in [-0.4, -0.2) is 17.0 Å². The Balaban J connectivity index is 2.47. The number of aliphatic hydroxyl groups is 1. The van der Waals surface area contributed by atoms with Gasteiger partial charge in [0.25, 0.3) is 0 Å². The van der Waals surface area contributed by atoms with Gasteiger partial charge in [-0.2, -0.15) is 0 Å². The van der Waals surface area contributed by atoms with Crippen molar-refractivity contribution < 1.29 is 9.90 Å². The number of Topliss-reactive ketones (excluding diaryl/α,β-unsaturated/α-hetero) is 1. The van der Waals surface area contributed by atoms with Crippen molar-refractivity contribution in [1.29, 1.82) is 0 Å². The number of nitrogens with two attached hydrogens (primary N) is 1. The van der Waals surface area contributed by atoms with Gasteiger partial charge in [0, 0.05) is 5.02 Å². The van der Waals surface area contributed by atoms with Crippen molar-refractivity contribution in [1.82, 2.24) is 0 Å². The second kappa shape index (κ2) is 5.14. The third kappa shape index (κ3) is 2.62. The van der Waals surface area contributed by atoms with E-state index < -0.39 is 11.6 Å². The summed E-state index contributed by atoms with van der Waals surface area (Å²) < 4.78 is 0. The van der Waals surface area contributed by atoms with E-state index in [2.05, 4.69) is 20.8 Å². The molecule has 1 fully saturated rings. The molecule has 4 heteroatoms. The molecule has 0 aliphatic heterocycles. The van der Waals surface area contributed by atoms with Crippen LogP contribution in [0.1, 0.15) is 39.2 Å². The molecule has 0 heterocycles. The fourth-order valence-electron chi connectivity index (χ4n) is 2.97. The van der Waals surface area contributed by atoms with Crippen molar-refractivity contribution in [3.8, 4) is 0 Å². The monoisotopic (exact) mass is 295 g/mol. The Bertz CT molecular complexity index is 523. The lowest BCUT2D eigenvalue weighted by Crippen LogP contribution is -2.56. The molecule has 0 amide bonds. The van der Waals surface area contributed by atoms with E-state index in [0.717, 1.165) is 0 Å². The van der Waals surface area contributed by atoms with E-state index in [-0.39, 0.29) is 17.1 Å². The first-order chi connectivity index (χ1) is 9.16. The predicted molar refractivity (Wildman–Crippen MR) is 80.5 cm³/mol. The van der Waals surface area contributed by atoms with Gasteiger partial charge in [0.15, 0.2) is 5.78 Å². The molecular formula is C16H22ClNO2. The normalized spacial score (nSPS) is 31.4. The fourth-order valence-corrected chi connectivity index (χ4v) is 3.28. The van der Waals surface area contributed by atoms with Gasteiger partial charge in [0.1, 0.15) is 11.6 Å². The van der Waals surface area contributed by atoms with Gasteiger partial charge in [-0.25, -0.2) is 0 Å². The minimum atomic E-state index is -1.20. The van der Waals surface area contributed by atoms with Crippen LogP contribution in [0.15, 0.2) is 24.3 Å². The summed E-state index contributed by atoms with van der Waals surface area (Å²) in [4.78, 5) is 12.4. The van der Waals surface area contributed by atoms with Gasteiger partial charge in [0.2, 0.25) is 0 Å². The number of benzene rings is 1. The smallest absolute Gasteiger partial charge is 0.185 e. The highest BCUT2D eigenvalue weighted by Crippen LogP contribution is 2.44. The van der Waals surface area contributed by atoms with Gasteiger partial charge in [-0.1, -0.05) is 50.6 Å². The Morgan fingerprint density at radius 1 is 1.35 bits per heavy atom. The number of carbonyl (C=O) groups excluding carboxylic acids is 1. The minimum Gasteiger partial charge on any atom is -0.385 e. The van der Waals surface area contributed by atoms with Crippen LogP contribution in [0, 0.1) is 11.3 Å². The molecular weight excluding hydrogens is 274 g/mol. The van der Waals surface area contributed by atoms with Crippen molar-refractivity contribution in [2.45, 2.75) is 45.3 Å². The maximum absolute atomic E-state index is 12.4. The standard InChI is InChI=1S/C16H22ClNO2/c1-15(2,3)10-8-13(19)14(20)16(18,9-10)11-6-4-5-7-12(11)17/h4-7,10,13,19H,8-9,18H2,1-3H3/t10-,13+,16+/m1/s1. The van der Waals surface area contributed by atoms with Crippen molar-refractivity contribution in [3.05, 3.63) is 34.9 Å². The van der Waals surface area contributed by atoms with E-state index in [1.807, 2.05) is 6.07 Å². The van der Waals surface area contributed by atoms with Crippen LogP contribution in [0.25, 0.3) is 0 Å². The van der Waals surface area contributed by atoms with E-state index in [0.29, 0.717) is 23.4 Å². The molecule has 0 spiro atoms. The summed E-state index contributed by atoms with van der Waals surface area (Å²) in [5.74, 6) is -0.164. The molecule has 0 radical (unpaired) electrons. The average Bonchev–Trinajstić information content (AvgIpc) is 2.34. The van der Waals surface area contributed by atoms with E-state index in [9.17, 15) is 9.90 Å². The SMILES string of the molecule is CC(C)(C)[C@@H]1C[C@H](O)C(=O)[C@@](N)(c2ccccc2Cl)C1. The quantitative estimate of drug-likeness (QED) is 0.837. The Morgan fingerprint density at radius 3 is 2.50 bits per heavy atom. The summed E-state index contributed by atoms with van der Waals surface area (Å²) in [6.45, 7) is 6.31. The molecule has 1 aromatic rings. The number of rotatable bonds is 1. The van der Waals surface area contributed by atoms with Crippen LogP contribution in [0.5, 0.6) is 0 Å². The van der Waals surface area contributed by atoms with Crippen molar-refractivity contribution in [3.63, 3.8) is 0 Å². The second-order valence-corrected chi connectivity index (χ2v) is 7.24. The third-order valence-electron chi connectivity index (χ3n) is 4.40. The van der Waals surface area contributed by atoms with Gasteiger partial charge < -0.3 is 10.8 Å². The van der Waals surface area contributed by atoms with E-state index >= 15 is 0 Å². The summed E-state index contributed by atoms with van der Waals surface area (Å²) in [7, 11) is 0. The lowest BCUT2D eigenvalue weighted by Gasteiger charge is -2.44. The average molecular weight is 296 g/mol. The molecule has 3 atom stereocenters. The highest BCUT2D eigenvalue weighted by Gasteiger charge is 2.49. The lowest BCUT2D eigenvalue weighted by molar-refractivity contribution is -0.140. The van der Waals surface area contributed by atoms with Crippen molar-refractivity contribution in [2.24, 2.45) is 17.1 Å². The zero-order valence-electron chi connectivity index (χ0n) is 12.2. The Morgan fingerprint density at radius 2 is 1.95 bits per heavy atom. The van der Waals surface area contributed by atoms with E-state index in [4.69, 9.17) is 17.3 Å². The van der Waals surface area contributed by atoms with Gasteiger partial charge in [-0.3, -0.25) is 4.79 Å². The minimum absolute atomic E-state index is 0.0203. The third-order valence-corrected chi connectivity index (χ3v) is 4.73. The van der Waals surface area contributed by atoms with Gasteiger partial charge in [-0.15, -0.1) is 0 Å². The molecule has 20 heavy (non-hydrogen) atoms. The molecule has 1 aliphatic carbocycles. The van der Waals surface area contributed by atoms with Crippen LogP contribution in [0.4, 0.5) is 0 Å². The van der Waals surface area contributed by atoms with Gasteiger partial charge in [0.05, 0.1) is 0 Å². The molecule has 3 nitrogen and oxygen atoms in total. The summed E-state index contributed by atoms with van der Waals surface area (Å²) in [6, 6.07) is 7.13. The fraction of sp³-hybridized carbons (Fsp3) is 0.562. The first kappa shape index (κ1) is 15.5. The molecule has 0 bridgehead atoms. The predicted octanol–water partition coefficient (Wildman–Crippen LogP) is 2.88. The van der Waals surface area contributed by atoms with Crippen LogP contribution < -0.4 is 5.73 Å². The first-order valence-electron chi connectivity index (χ1n) is 6.92. The van der Waals surface area contributed by atoms with Crippen LogP contribution in [0.3, 0.4) is 0 Å². The summed E-state index contributed by atoms with van der Waals surface area (Å²) >= 11 is 6.21. The van der Waals surface area contributed by atoms with Crippen molar-refractivity contribution in [2.75, 3.05) is 0 Å². The van der Waals surface area contributed by atoms with Gasteiger partial charge in [-0.05, 0) is 35.8 Å². The maximum Gasteiger partial charge on any atom is 0.185 e. The molecule has 3 N–H and O–H groups in total. The second-order valence-electron chi connectivity index (χ2n) is 6.83. The number of halogens is 1. The van der Waals surface area contributed by atoms with Crippen LogP contribution in [-0.2, 0) is 10.3 Å². The summed E-state index contributed by atoms with van der Waals surface area (Å²) in [5.41, 5.74) is 5.80. The highest BCUT2D eigenvalue weighted by molar-refractivity contribution is 6.31. The zero-order chi connectivity index (χ0) is 15.1. The molecule has 1 aromatic carbocycles. The Kier molecular flexibility index (Phi) is 3.98. The zero-order valence-corrected chi connectivity index (χ0v) is 12.9. The first-order valence-corrected chi connectivity index (χ1v) is 7.30. The van der Waals surface area contributed by atoms with E-state index in [1.54, 1.807) is 18.2 Å². The molecule has 110 valence electrons. The Hall–Kier alpha value is -0.900. The van der Waals surface area contributed by atoms with Crippen molar-refractivity contribution >= 4 is 17.4 Å². The topological polar surface area (TPSA) is 63.3 Å². The molecule has 0 aromatic heterocycles. The lowest BCUT2D eigenvalue weighted by atomic mass is 9.63. The molecule has 1 aliphatic rings. The molecule has 0 saturated heterocycles. The number of carbonyl (C=O) groups is 1. The summed E-state index contributed by atoms with van der Waals surface area (Å²) in [6.07, 6.45) is -0.0451. The maximum atomic E-state index is 12.4. The summed E-state index contributed by atoms with van der Waals surface area (Å²) in [5, 5.41) is 10.6. The number of hydrogen-bond donors (Lipinski definition) is 2. The van der Waals surface area contributed by atoms with Crippen LogP contribution >= 0.6 is 11.6 Å². The highest BCUT2D eigenvalue weighted by atomic mass is 35.5. The number of ketones is 1. The number of aliphatic hydroxyl groups excluding tert-OH is 1. The Labute approximate surface area is 125 Å². The molecule has 2 rings (SSSR count). The van der Waals surface area contributed by atoms with Crippen LogP contribution in [0.2, 0.25) is 5.02 Å². The van der Waals surface area contributed by atoms with Gasteiger partial charge >= 0.3 is 0 Å². The van der Waals surface area contributed by atoms with E-state index in [1.165, 1.54) is 0 Å². The largest absolute Gasteiger partial charge is 0.385 e.